The molecule has 2 aromatic carbocycles. The van der Waals surface area contributed by atoms with Crippen LogP contribution in [-0.2, 0) is 6.18 Å². The normalized spacial score (nSPS) is 17.5. The van der Waals surface area contributed by atoms with E-state index in [1.54, 1.807) is 12.1 Å². The molecule has 25 heavy (non-hydrogen) atoms. The minimum Gasteiger partial charge on any atom is -0.314 e. The van der Waals surface area contributed by atoms with Gasteiger partial charge in [0.25, 0.3) is 0 Å². The Balaban J connectivity index is 2.10. The molecule has 0 radical (unpaired) electrons. The summed E-state index contributed by atoms with van der Waals surface area (Å²) in [6, 6.07) is 11.0. The molecule has 1 saturated heterocycles. The van der Waals surface area contributed by atoms with Gasteiger partial charge in [0.05, 0.1) is 16.6 Å². The summed E-state index contributed by atoms with van der Waals surface area (Å²) in [6.45, 7) is 3.00. The second-order valence-corrected chi connectivity index (χ2v) is 6.76. The van der Waals surface area contributed by atoms with Crippen LogP contribution in [0.2, 0.25) is 10.0 Å². The Hall–Kier alpha value is -1.27. The van der Waals surface area contributed by atoms with Gasteiger partial charge in [-0.05, 0) is 29.3 Å². The first-order chi connectivity index (χ1) is 11.9. The van der Waals surface area contributed by atoms with Crippen LogP contribution in [0.25, 0.3) is 0 Å². The lowest BCUT2D eigenvalue weighted by atomic mass is 9.94. The molecule has 0 aromatic heterocycles. The highest BCUT2D eigenvalue weighted by atomic mass is 35.5. The zero-order valence-corrected chi connectivity index (χ0v) is 14.8. The standard InChI is InChI=1S/C18H17Cl2F3N2/c19-15-4-2-1-3-13(15)17(25-9-7-24-8-10-25)12-5-6-16(20)14(11-12)18(21,22)23/h1-6,11,17,24H,7-10H2. The molecule has 0 aliphatic carbocycles. The molecule has 0 spiro atoms. The SMILES string of the molecule is FC(F)(F)c1cc(C(c2ccccc2Cl)N2CCNCC2)ccc1Cl. The number of hydrogen-bond acceptors (Lipinski definition) is 2. The topological polar surface area (TPSA) is 15.3 Å². The number of piperazine rings is 1. The van der Waals surface area contributed by atoms with Gasteiger partial charge in [0.15, 0.2) is 0 Å². The third kappa shape index (κ3) is 4.11. The van der Waals surface area contributed by atoms with Crippen molar-refractivity contribution in [2.24, 2.45) is 0 Å². The zero-order chi connectivity index (χ0) is 18.0. The third-order valence-electron chi connectivity index (χ3n) is 4.33. The monoisotopic (exact) mass is 388 g/mol. The van der Waals surface area contributed by atoms with Crippen molar-refractivity contribution in [3.8, 4) is 0 Å². The number of halogens is 5. The molecule has 3 rings (SSSR count). The minimum absolute atomic E-state index is 0.297. The smallest absolute Gasteiger partial charge is 0.314 e. The highest BCUT2D eigenvalue weighted by Gasteiger charge is 2.35. The second kappa shape index (κ2) is 7.54. The summed E-state index contributed by atoms with van der Waals surface area (Å²) in [5.41, 5.74) is 0.507. The summed E-state index contributed by atoms with van der Waals surface area (Å²) in [7, 11) is 0. The number of alkyl halides is 3. The Morgan fingerprint density at radius 2 is 1.64 bits per heavy atom. The molecule has 134 valence electrons. The minimum atomic E-state index is -4.50. The molecule has 1 unspecified atom stereocenters. The van der Waals surface area contributed by atoms with Gasteiger partial charge >= 0.3 is 6.18 Å². The zero-order valence-electron chi connectivity index (χ0n) is 13.3. The lowest BCUT2D eigenvalue weighted by Crippen LogP contribution is -2.45. The van der Waals surface area contributed by atoms with Crippen LogP contribution in [0.3, 0.4) is 0 Å². The molecule has 1 fully saturated rings. The molecular formula is C18H17Cl2F3N2. The van der Waals surface area contributed by atoms with Crippen LogP contribution in [0.1, 0.15) is 22.7 Å². The summed E-state index contributed by atoms with van der Waals surface area (Å²) in [4.78, 5) is 2.14. The highest BCUT2D eigenvalue weighted by molar-refractivity contribution is 6.31. The maximum atomic E-state index is 13.3. The summed E-state index contributed by atoms with van der Waals surface area (Å²) in [5.74, 6) is 0. The lowest BCUT2D eigenvalue weighted by molar-refractivity contribution is -0.137. The van der Waals surface area contributed by atoms with Crippen molar-refractivity contribution in [3.05, 3.63) is 69.2 Å². The van der Waals surface area contributed by atoms with Gasteiger partial charge in [0.1, 0.15) is 0 Å². The number of nitrogens with one attached hydrogen (secondary N) is 1. The van der Waals surface area contributed by atoms with Gasteiger partial charge < -0.3 is 5.32 Å². The van der Waals surface area contributed by atoms with Crippen LogP contribution < -0.4 is 5.32 Å². The van der Waals surface area contributed by atoms with Gasteiger partial charge in [-0.2, -0.15) is 13.2 Å². The molecule has 1 atom stereocenters. The van der Waals surface area contributed by atoms with E-state index >= 15 is 0 Å². The maximum absolute atomic E-state index is 13.3. The molecule has 1 aliphatic heterocycles. The van der Waals surface area contributed by atoms with Crippen molar-refractivity contribution < 1.29 is 13.2 Å². The molecule has 1 N–H and O–H groups in total. The summed E-state index contributed by atoms with van der Waals surface area (Å²) >= 11 is 12.1. The van der Waals surface area contributed by atoms with Gasteiger partial charge in [0.2, 0.25) is 0 Å². The van der Waals surface area contributed by atoms with Gasteiger partial charge in [0, 0.05) is 31.2 Å². The Morgan fingerprint density at radius 3 is 2.28 bits per heavy atom. The van der Waals surface area contributed by atoms with E-state index in [4.69, 9.17) is 23.2 Å². The molecule has 0 saturated carbocycles. The summed E-state index contributed by atoms with van der Waals surface area (Å²) in [5, 5.41) is 3.50. The first kappa shape index (κ1) is 18.5. The van der Waals surface area contributed by atoms with Crippen molar-refractivity contribution in [2.75, 3.05) is 26.2 Å². The molecule has 0 bridgehead atoms. The number of hydrogen-bond donors (Lipinski definition) is 1. The summed E-state index contributed by atoms with van der Waals surface area (Å²) in [6.07, 6.45) is -4.50. The predicted molar refractivity (Wildman–Crippen MR) is 94.2 cm³/mol. The van der Waals surface area contributed by atoms with Crippen LogP contribution in [0, 0.1) is 0 Å². The van der Waals surface area contributed by atoms with Crippen LogP contribution in [0.5, 0.6) is 0 Å². The quantitative estimate of drug-likeness (QED) is 0.794. The largest absolute Gasteiger partial charge is 0.417 e. The Morgan fingerprint density at radius 1 is 0.960 bits per heavy atom. The lowest BCUT2D eigenvalue weighted by Gasteiger charge is -2.36. The first-order valence-corrected chi connectivity index (χ1v) is 8.69. The molecular weight excluding hydrogens is 372 g/mol. The second-order valence-electron chi connectivity index (χ2n) is 5.95. The van der Waals surface area contributed by atoms with Crippen molar-refractivity contribution in [1.82, 2.24) is 10.2 Å². The van der Waals surface area contributed by atoms with E-state index in [2.05, 4.69) is 10.2 Å². The fraction of sp³-hybridized carbons (Fsp3) is 0.333. The molecule has 7 heteroatoms. The van der Waals surface area contributed by atoms with Gasteiger partial charge in [-0.3, -0.25) is 4.90 Å². The maximum Gasteiger partial charge on any atom is 0.417 e. The molecule has 2 aromatic rings. The van der Waals surface area contributed by atoms with Crippen LogP contribution in [-0.4, -0.2) is 31.1 Å². The Bertz CT molecular complexity index is 743. The fourth-order valence-electron chi connectivity index (χ4n) is 3.15. The van der Waals surface area contributed by atoms with E-state index in [9.17, 15) is 13.2 Å². The average molecular weight is 389 g/mol. The van der Waals surface area contributed by atoms with Crippen LogP contribution in [0.4, 0.5) is 13.2 Å². The van der Waals surface area contributed by atoms with Crippen molar-refractivity contribution >= 4 is 23.2 Å². The molecule has 2 nitrogen and oxygen atoms in total. The fourth-order valence-corrected chi connectivity index (χ4v) is 3.62. The molecule has 1 heterocycles. The Kier molecular flexibility index (Phi) is 5.58. The van der Waals surface area contributed by atoms with E-state index in [1.807, 2.05) is 18.2 Å². The number of nitrogens with zero attached hydrogens (tertiary/aromatic N) is 1. The van der Waals surface area contributed by atoms with Crippen molar-refractivity contribution in [3.63, 3.8) is 0 Å². The number of rotatable bonds is 3. The van der Waals surface area contributed by atoms with E-state index in [1.165, 1.54) is 6.07 Å². The van der Waals surface area contributed by atoms with E-state index < -0.39 is 11.7 Å². The van der Waals surface area contributed by atoms with E-state index in [-0.39, 0.29) is 11.1 Å². The third-order valence-corrected chi connectivity index (χ3v) is 5.00. The number of benzene rings is 2. The van der Waals surface area contributed by atoms with Crippen molar-refractivity contribution in [2.45, 2.75) is 12.2 Å². The molecule has 0 amide bonds. The van der Waals surface area contributed by atoms with Crippen LogP contribution in [0.15, 0.2) is 42.5 Å². The predicted octanol–water partition coefficient (Wildman–Crippen LogP) is 5.01. The van der Waals surface area contributed by atoms with Gasteiger partial charge in [-0.15, -0.1) is 0 Å². The van der Waals surface area contributed by atoms with Gasteiger partial charge in [-0.1, -0.05) is 47.5 Å². The Labute approximate surface area is 154 Å². The first-order valence-electron chi connectivity index (χ1n) is 7.94. The average Bonchev–Trinajstić information content (AvgIpc) is 2.58. The highest BCUT2D eigenvalue weighted by Crippen LogP contribution is 2.39. The van der Waals surface area contributed by atoms with E-state index in [0.717, 1.165) is 37.8 Å². The van der Waals surface area contributed by atoms with Crippen molar-refractivity contribution in [1.29, 1.82) is 0 Å². The summed E-state index contributed by atoms with van der Waals surface area (Å²) < 4.78 is 39.8. The molecule has 1 aliphatic rings. The van der Waals surface area contributed by atoms with Gasteiger partial charge in [-0.25, -0.2) is 0 Å². The van der Waals surface area contributed by atoms with E-state index in [0.29, 0.717) is 10.6 Å². The van der Waals surface area contributed by atoms with Crippen LogP contribution >= 0.6 is 23.2 Å².